The van der Waals surface area contributed by atoms with Crippen LogP contribution >= 0.6 is 11.8 Å². The fourth-order valence-electron chi connectivity index (χ4n) is 3.36. The van der Waals surface area contributed by atoms with Crippen molar-refractivity contribution in [3.63, 3.8) is 0 Å². The van der Waals surface area contributed by atoms with Crippen molar-refractivity contribution in [2.75, 3.05) is 18.8 Å². The number of allylic oxidation sites excluding steroid dienone is 1. The van der Waals surface area contributed by atoms with E-state index in [-0.39, 0.29) is 0 Å². The maximum Gasteiger partial charge on any atom is 0.407 e. The molecule has 1 saturated heterocycles. The van der Waals surface area contributed by atoms with Crippen LogP contribution in [-0.2, 0) is 9.53 Å². The van der Waals surface area contributed by atoms with Gasteiger partial charge in [0.2, 0.25) is 11.6 Å². The second kappa shape index (κ2) is 5.37. The lowest BCUT2D eigenvalue weighted by Gasteiger charge is -2.44. The molecule has 7 heteroatoms. The molecule has 0 bridgehead atoms. The third-order valence-electron chi connectivity index (χ3n) is 4.78. The van der Waals surface area contributed by atoms with Gasteiger partial charge in [-0.25, -0.2) is 4.79 Å². The van der Waals surface area contributed by atoms with Gasteiger partial charge in [0.15, 0.2) is 0 Å². The SMILES string of the molecule is O=C1C(=O)c2ccccc2C2=C1SCC1(CCN(C(=O)O)CC1)O2. The normalized spacial score (nSPS) is 22.1. The third-order valence-corrected chi connectivity index (χ3v) is 6.11. The third kappa shape index (κ3) is 2.23. The van der Waals surface area contributed by atoms with E-state index >= 15 is 0 Å². The number of rotatable bonds is 0. The molecule has 0 radical (unpaired) electrons. The van der Waals surface area contributed by atoms with E-state index in [1.54, 1.807) is 18.2 Å². The Kier molecular flexibility index (Phi) is 3.42. The molecule has 24 heavy (non-hydrogen) atoms. The highest BCUT2D eigenvalue weighted by Crippen LogP contribution is 2.47. The minimum atomic E-state index is -0.919. The highest BCUT2D eigenvalue weighted by molar-refractivity contribution is 8.04. The minimum Gasteiger partial charge on any atom is -0.484 e. The zero-order chi connectivity index (χ0) is 16.9. The number of carbonyl (C=O) groups excluding carboxylic acids is 2. The van der Waals surface area contributed by atoms with Crippen molar-refractivity contribution in [2.45, 2.75) is 18.4 Å². The Bertz CT molecular complexity index is 792. The summed E-state index contributed by atoms with van der Waals surface area (Å²) in [5.74, 6) is 0.0411. The number of hydrogen-bond acceptors (Lipinski definition) is 5. The minimum absolute atomic E-state index is 0.377. The van der Waals surface area contributed by atoms with Gasteiger partial charge in [0, 0.05) is 42.8 Å². The van der Waals surface area contributed by atoms with E-state index < -0.39 is 23.3 Å². The Morgan fingerprint density at radius 2 is 1.79 bits per heavy atom. The molecule has 1 fully saturated rings. The molecule has 0 unspecified atom stereocenters. The van der Waals surface area contributed by atoms with E-state index in [0.29, 0.717) is 53.5 Å². The van der Waals surface area contributed by atoms with Gasteiger partial charge in [-0.15, -0.1) is 11.8 Å². The summed E-state index contributed by atoms with van der Waals surface area (Å²) in [6.45, 7) is 0.820. The molecule has 1 spiro atoms. The summed E-state index contributed by atoms with van der Waals surface area (Å²) in [4.78, 5) is 37.4. The number of ether oxygens (including phenoxy) is 1. The summed E-state index contributed by atoms with van der Waals surface area (Å²) in [5, 5.41) is 9.09. The Balaban J connectivity index is 1.68. The summed E-state index contributed by atoms with van der Waals surface area (Å²) in [6, 6.07) is 6.98. The number of likely N-dealkylation sites (tertiary alicyclic amines) is 1. The Morgan fingerprint density at radius 3 is 2.46 bits per heavy atom. The lowest BCUT2D eigenvalue weighted by Crippen LogP contribution is -2.50. The molecule has 1 amide bonds. The van der Waals surface area contributed by atoms with E-state index in [4.69, 9.17) is 9.84 Å². The largest absolute Gasteiger partial charge is 0.484 e. The van der Waals surface area contributed by atoms with Crippen molar-refractivity contribution in [3.8, 4) is 0 Å². The Hall–Kier alpha value is -2.28. The number of carboxylic acid groups (broad SMARTS) is 1. The van der Waals surface area contributed by atoms with E-state index in [9.17, 15) is 14.4 Å². The molecule has 2 aliphatic heterocycles. The first kappa shape index (κ1) is 15.3. The number of piperidine rings is 1. The van der Waals surface area contributed by atoms with Crippen LogP contribution in [0.2, 0.25) is 0 Å². The fourth-order valence-corrected chi connectivity index (χ4v) is 4.63. The molecule has 0 saturated carbocycles. The van der Waals surface area contributed by atoms with Gasteiger partial charge in [-0.3, -0.25) is 9.59 Å². The molecule has 1 aliphatic carbocycles. The average Bonchev–Trinajstić information content (AvgIpc) is 2.60. The van der Waals surface area contributed by atoms with Crippen LogP contribution < -0.4 is 0 Å². The summed E-state index contributed by atoms with van der Waals surface area (Å²) < 4.78 is 6.26. The van der Waals surface area contributed by atoms with Gasteiger partial charge in [0.05, 0.1) is 0 Å². The maximum absolute atomic E-state index is 12.3. The number of benzene rings is 1. The highest BCUT2D eigenvalue weighted by Gasteiger charge is 2.46. The maximum atomic E-state index is 12.3. The number of Topliss-reactive ketones (excluding diaryl/α,β-unsaturated/α-hetero) is 2. The second-order valence-corrected chi connectivity index (χ2v) is 7.19. The average molecular weight is 345 g/mol. The van der Waals surface area contributed by atoms with E-state index in [0.717, 1.165) is 0 Å². The molecule has 0 aromatic heterocycles. The number of hydrogen-bond donors (Lipinski definition) is 1. The van der Waals surface area contributed by atoms with Crippen molar-refractivity contribution >= 4 is 35.2 Å². The predicted molar refractivity (Wildman–Crippen MR) is 87.8 cm³/mol. The fraction of sp³-hybridized carbons (Fsp3) is 0.353. The first-order valence-electron chi connectivity index (χ1n) is 7.73. The van der Waals surface area contributed by atoms with Crippen LogP contribution in [0.5, 0.6) is 0 Å². The molecule has 2 heterocycles. The number of amides is 1. The monoisotopic (exact) mass is 345 g/mol. The molecule has 6 nitrogen and oxygen atoms in total. The predicted octanol–water partition coefficient (Wildman–Crippen LogP) is 2.40. The molecule has 124 valence electrons. The smallest absolute Gasteiger partial charge is 0.407 e. The molecule has 0 atom stereocenters. The van der Waals surface area contributed by atoms with E-state index in [2.05, 4.69) is 0 Å². The molecule has 1 aromatic carbocycles. The lowest BCUT2D eigenvalue weighted by molar-refractivity contribution is -0.111. The van der Waals surface area contributed by atoms with Crippen molar-refractivity contribution in [1.82, 2.24) is 4.90 Å². The quantitative estimate of drug-likeness (QED) is 0.727. The zero-order valence-electron chi connectivity index (χ0n) is 12.8. The van der Waals surface area contributed by atoms with Gasteiger partial charge in [-0.2, -0.15) is 0 Å². The number of ketones is 2. The van der Waals surface area contributed by atoms with Crippen molar-refractivity contribution in [2.24, 2.45) is 0 Å². The van der Waals surface area contributed by atoms with E-state index in [1.165, 1.54) is 16.7 Å². The number of nitrogens with zero attached hydrogens (tertiary/aromatic N) is 1. The lowest BCUT2D eigenvalue weighted by atomic mass is 9.90. The summed E-state index contributed by atoms with van der Waals surface area (Å²) in [5.41, 5.74) is 0.551. The Morgan fingerprint density at radius 1 is 1.12 bits per heavy atom. The van der Waals surface area contributed by atoms with Crippen LogP contribution in [-0.4, -0.2) is 52.1 Å². The van der Waals surface area contributed by atoms with Crippen molar-refractivity contribution in [3.05, 3.63) is 40.3 Å². The highest BCUT2D eigenvalue weighted by atomic mass is 32.2. The van der Waals surface area contributed by atoms with Crippen LogP contribution in [0, 0.1) is 0 Å². The summed E-state index contributed by atoms with van der Waals surface area (Å²) >= 11 is 1.36. The molecule has 3 aliphatic rings. The molecule has 1 aromatic rings. The number of fused-ring (bicyclic) bond motifs is 2. The van der Waals surface area contributed by atoms with Crippen LogP contribution in [0.15, 0.2) is 29.2 Å². The first-order chi connectivity index (χ1) is 11.5. The summed E-state index contributed by atoms with van der Waals surface area (Å²) in [7, 11) is 0. The van der Waals surface area contributed by atoms with Gasteiger partial charge in [-0.1, -0.05) is 24.3 Å². The van der Waals surface area contributed by atoms with Crippen LogP contribution in [0.25, 0.3) is 5.76 Å². The van der Waals surface area contributed by atoms with Crippen molar-refractivity contribution < 1.29 is 24.2 Å². The van der Waals surface area contributed by atoms with Crippen LogP contribution in [0.1, 0.15) is 28.8 Å². The zero-order valence-corrected chi connectivity index (χ0v) is 13.6. The Labute approximate surface area is 142 Å². The molecular weight excluding hydrogens is 330 g/mol. The van der Waals surface area contributed by atoms with Gasteiger partial charge < -0.3 is 14.7 Å². The number of thioether (sulfide) groups is 1. The number of carbonyl (C=O) groups is 3. The van der Waals surface area contributed by atoms with Crippen molar-refractivity contribution in [1.29, 1.82) is 0 Å². The molecule has 1 N–H and O–H groups in total. The molecule has 4 rings (SSSR count). The first-order valence-corrected chi connectivity index (χ1v) is 8.72. The van der Waals surface area contributed by atoms with Gasteiger partial charge in [-0.05, 0) is 0 Å². The van der Waals surface area contributed by atoms with Crippen LogP contribution in [0.3, 0.4) is 0 Å². The second-order valence-electron chi connectivity index (χ2n) is 6.21. The van der Waals surface area contributed by atoms with Crippen LogP contribution in [0.4, 0.5) is 4.79 Å². The topological polar surface area (TPSA) is 83.9 Å². The molecular formula is C17H15NO5S. The van der Waals surface area contributed by atoms with Gasteiger partial charge in [0.25, 0.3) is 0 Å². The van der Waals surface area contributed by atoms with Gasteiger partial charge in [0.1, 0.15) is 16.3 Å². The van der Waals surface area contributed by atoms with Gasteiger partial charge >= 0.3 is 6.09 Å². The standard InChI is InChI=1S/C17H15NO5S/c19-12-10-3-1-2-4-11(10)14-15(13(12)20)24-9-17(23-14)5-7-18(8-6-17)16(21)22/h1-4H,5-9H2,(H,21,22). The van der Waals surface area contributed by atoms with E-state index in [1.807, 2.05) is 6.07 Å². The summed E-state index contributed by atoms with van der Waals surface area (Å²) in [6.07, 6.45) is 0.234.